The van der Waals surface area contributed by atoms with Crippen LogP contribution < -0.4 is 10.6 Å². The maximum atomic E-state index is 4.90. The molecule has 2 aliphatic heterocycles. The highest BCUT2D eigenvalue weighted by atomic mass is 32.1. The van der Waals surface area contributed by atoms with E-state index in [9.17, 15) is 0 Å². The van der Waals surface area contributed by atoms with Crippen molar-refractivity contribution in [3.05, 3.63) is 22.4 Å². The summed E-state index contributed by atoms with van der Waals surface area (Å²) in [7, 11) is 0. The molecule has 3 rings (SSSR count). The minimum atomic E-state index is 0.677. The van der Waals surface area contributed by atoms with Gasteiger partial charge >= 0.3 is 0 Å². The lowest BCUT2D eigenvalue weighted by atomic mass is 9.98. The zero-order valence-electron chi connectivity index (χ0n) is 17.0. The number of thiophene rings is 1. The van der Waals surface area contributed by atoms with Crippen LogP contribution in [0.15, 0.2) is 22.5 Å². The first-order valence-corrected chi connectivity index (χ1v) is 11.7. The van der Waals surface area contributed by atoms with Crippen molar-refractivity contribution in [2.45, 2.75) is 45.6 Å². The number of hydrogen-bond acceptors (Lipinski definition) is 4. The molecule has 0 bridgehead atoms. The van der Waals surface area contributed by atoms with Gasteiger partial charge in [-0.05, 0) is 69.6 Å². The van der Waals surface area contributed by atoms with E-state index in [0.717, 1.165) is 38.7 Å². The molecule has 6 heteroatoms. The van der Waals surface area contributed by atoms with Crippen LogP contribution in [0.1, 0.15) is 43.9 Å². The van der Waals surface area contributed by atoms with E-state index in [0.29, 0.717) is 5.92 Å². The normalized spacial score (nSPS) is 22.7. The molecule has 0 radical (unpaired) electrons. The molecule has 0 spiro atoms. The van der Waals surface area contributed by atoms with Crippen molar-refractivity contribution in [3.8, 4) is 0 Å². The van der Waals surface area contributed by atoms with Crippen LogP contribution in [0.3, 0.4) is 0 Å². The fourth-order valence-electron chi connectivity index (χ4n) is 4.14. The second-order valence-corrected chi connectivity index (χ2v) is 8.90. The summed E-state index contributed by atoms with van der Waals surface area (Å²) < 4.78 is 0. The first-order chi connectivity index (χ1) is 13.3. The molecule has 5 nitrogen and oxygen atoms in total. The maximum absolute atomic E-state index is 4.90. The molecular weight excluding hydrogens is 354 g/mol. The summed E-state index contributed by atoms with van der Waals surface area (Å²) in [5, 5.41) is 9.14. The molecule has 0 aromatic carbocycles. The van der Waals surface area contributed by atoms with Crippen LogP contribution in [0.4, 0.5) is 0 Å². The van der Waals surface area contributed by atoms with E-state index in [4.69, 9.17) is 4.99 Å². The fourth-order valence-corrected chi connectivity index (χ4v) is 4.89. The topological polar surface area (TPSA) is 42.9 Å². The largest absolute Gasteiger partial charge is 0.357 e. The number of nitrogens with one attached hydrogen (secondary N) is 2. The molecule has 2 aliphatic rings. The number of nitrogens with zero attached hydrogens (tertiary/aromatic N) is 3. The zero-order chi connectivity index (χ0) is 18.7. The summed E-state index contributed by atoms with van der Waals surface area (Å²) in [5.74, 6) is 1.67. The first-order valence-electron chi connectivity index (χ1n) is 10.8. The monoisotopic (exact) mass is 391 g/mol. The summed E-state index contributed by atoms with van der Waals surface area (Å²) in [6.45, 7) is 12.1. The first kappa shape index (κ1) is 20.6. The van der Waals surface area contributed by atoms with Crippen molar-refractivity contribution in [1.82, 2.24) is 20.4 Å². The highest BCUT2D eigenvalue weighted by Gasteiger charge is 2.20. The summed E-state index contributed by atoms with van der Waals surface area (Å²) in [6.07, 6.45) is 6.72. The van der Waals surface area contributed by atoms with Crippen molar-refractivity contribution >= 4 is 17.3 Å². The third-order valence-corrected chi connectivity index (χ3v) is 6.44. The summed E-state index contributed by atoms with van der Waals surface area (Å²) >= 11 is 1.87. The lowest BCUT2D eigenvalue weighted by Gasteiger charge is -2.31. The smallest absolute Gasteiger partial charge is 0.191 e. The number of hydrogen-bond donors (Lipinski definition) is 2. The van der Waals surface area contributed by atoms with E-state index in [-0.39, 0.29) is 0 Å². The SMILES string of the molecule is CCNC(=NCC1CCCN(Cc2cccs2)C1)NCCN1CCCCC1. The van der Waals surface area contributed by atoms with Crippen LogP contribution in [0.5, 0.6) is 0 Å². The predicted molar refractivity (Wildman–Crippen MR) is 117 cm³/mol. The Balaban J connectivity index is 1.41. The third kappa shape index (κ3) is 7.43. The Morgan fingerprint density at radius 3 is 2.78 bits per heavy atom. The lowest BCUT2D eigenvalue weighted by Crippen LogP contribution is -2.43. The van der Waals surface area contributed by atoms with Gasteiger partial charge in [-0.25, -0.2) is 0 Å². The fraction of sp³-hybridized carbons (Fsp3) is 0.762. The highest BCUT2D eigenvalue weighted by Crippen LogP contribution is 2.20. The van der Waals surface area contributed by atoms with Crippen molar-refractivity contribution in [3.63, 3.8) is 0 Å². The number of piperidine rings is 2. The van der Waals surface area contributed by atoms with Gasteiger partial charge in [0.2, 0.25) is 0 Å². The zero-order valence-corrected chi connectivity index (χ0v) is 17.8. The quantitative estimate of drug-likeness (QED) is 0.528. The predicted octanol–water partition coefficient (Wildman–Crippen LogP) is 3.00. The van der Waals surface area contributed by atoms with Crippen LogP contribution >= 0.6 is 11.3 Å². The molecule has 0 saturated carbocycles. The molecule has 152 valence electrons. The Morgan fingerprint density at radius 1 is 1.15 bits per heavy atom. The average Bonchev–Trinajstić information content (AvgIpc) is 3.20. The average molecular weight is 392 g/mol. The molecule has 27 heavy (non-hydrogen) atoms. The molecule has 1 atom stereocenters. The number of likely N-dealkylation sites (tertiary alicyclic amines) is 2. The summed E-state index contributed by atoms with van der Waals surface area (Å²) in [4.78, 5) is 11.6. The van der Waals surface area contributed by atoms with Gasteiger partial charge < -0.3 is 15.5 Å². The van der Waals surface area contributed by atoms with Crippen molar-refractivity contribution < 1.29 is 0 Å². The molecule has 1 unspecified atom stereocenters. The van der Waals surface area contributed by atoms with E-state index in [1.165, 1.54) is 63.2 Å². The van der Waals surface area contributed by atoms with E-state index >= 15 is 0 Å². The van der Waals surface area contributed by atoms with Crippen LogP contribution in [0, 0.1) is 5.92 Å². The molecule has 3 heterocycles. The van der Waals surface area contributed by atoms with Crippen LogP contribution in [0.2, 0.25) is 0 Å². The minimum absolute atomic E-state index is 0.677. The molecular formula is C21H37N5S. The van der Waals surface area contributed by atoms with Gasteiger partial charge in [0.25, 0.3) is 0 Å². The molecule has 0 aliphatic carbocycles. The van der Waals surface area contributed by atoms with Gasteiger partial charge in [-0.15, -0.1) is 11.3 Å². The van der Waals surface area contributed by atoms with E-state index in [1.54, 1.807) is 0 Å². The van der Waals surface area contributed by atoms with Gasteiger partial charge in [-0.3, -0.25) is 9.89 Å². The second-order valence-electron chi connectivity index (χ2n) is 7.87. The molecule has 2 N–H and O–H groups in total. The van der Waals surface area contributed by atoms with Crippen molar-refractivity contribution in [2.75, 3.05) is 52.4 Å². The van der Waals surface area contributed by atoms with Gasteiger partial charge in [-0.2, -0.15) is 0 Å². The second kappa shape index (κ2) is 11.7. The van der Waals surface area contributed by atoms with E-state index in [2.05, 4.69) is 44.9 Å². The minimum Gasteiger partial charge on any atom is -0.357 e. The number of aliphatic imine (C=N–C) groups is 1. The number of rotatable bonds is 8. The number of guanidine groups is 1. The van der Waals surface area contributed by atoms with Gasteiger partial charge in [0.05, 0.1) is 0 Å². The van der Waals surface area contributed by atoms with Gasteiger partial charge in [0, 0.05) is 44.1 Å². The van der Waals surface area contributed by atoms with Crippen LogP contribution in [-0.2, 0) is 6.54 Å². The molecule has 2 fully saturated rings. The van der Waals surface area contributed by atoms with Crippen molar-refractivity contribution in [1.29, 1.82) is 0 Å². The molecule has 0 amide bonds. The third-order valence-electron chi connectivity index (χ3n) is 5.58. The Bertz CT molecular complexity index is 539. The van der Waals surface area contributed by atoms with Gasteiger partial charge in [-0.1, -0.05) is 12.5 Å². The Morgan fingerprint density at radius 2 is 2.00 bits per heavy atom. The van der Waals surface area contributed by atoms with Crippen molar-refractivity contribution in [2.24, 2.45) is 10.9 Å². The van der Waals surface area contributed by atoms with Gasteiger partial charge in [0.15, 0.2) is 5.96 Å². The highest BCUT2D eigenvalue weighted by molar-refractivity contribution is 7.09. The Labute approximate surface area is 169 Å². The van der Waals surface area contributed by atoms with Crippen LogP contribution in [0.25, 0.3) is 0 Å². The summed E-state index contributed by atoms with van der Waals surface area (Å²) in [6, 6.07) is 4.41. The Kier molecular flexibility index (Phi) is 8.91. The van der Waals surface area contributed by atoms with Crippen LogP contribution in [-0.4, -0.2) is 68.1 Å². The Hall–Kier alpha value is -1.11. The van der Waals surface area contributed by atoms with Gasteiger partial charge in [0.1, 0.15) is 0 Å². The molecule has 2 saturated heterocycles. The lowest BCUT2D eigenvalue weighted by molar-refractivity contribution is 0.172. The summed E-state index contributed by atoms with van der Waals surface area (Å²) in [5.41, 5.74) is 0. The van der Waals surface area contributed by atoms with E-state index in [1.807, 2.05) is 11.3 Å². The maximum Gasteiger partial charge on any atom is 0.191 e. The standard InChI is InChI=1S/C21H37N5S/c1-2-22-21(23-10-14-25-11-4-3-5-12-25)24-16-19-8-6-13-26(17-19)18-20-9-7-15-27-20/h7,9,15,19H,2-6,8,10-14,16-18H2,1H3,(H2,22,23,24). The van der Waals surface area contributed by atoms with E-state index < -0.39 is 0 Å². The molecule has 1 aromatic rings. The molecule has 1 aromatic heterocycles.